The van der Waals surface area contributed by atoms with Crippen molar-refractivity contribution in [1.82, 2.24) is 4.90 Å². The number of benzene rings is 1. The van der Waals surface area contributed by atoms with Gasteiger partial charge in [0.2, 0.25) is 5.91 Å². The first-order chi connectivity index (χ1) is 13.5. The van der Waals surface area contributed by atoms with Crippen molar-refractivity contribution in [3.63, 3.8) is 0 Å². The zero-order chi connectivity index (χ0) is 20.1. The van der Waals surface area contributed by atoms with Gasteiger partial charge in [-0.05, 0) is 55.0 Å². The van der Waals surface area contributed by atoms with Gasteiger partial charge in [0.15, 0.2) is 0 Å². The molecular formula is C21H26N2O5. The summed E-state index contributed by atoms with van der Waals surface area (Å²) in [6, 6.07) is 6.70. The van der Waals surface area contributed by atoms with E-state index < -0.39 is 0 Å². The number of methoxy groups -OCH3 is 1. The van der Waals surface area contributed by atoms with Crippen molar-refractivity contribution in [2.75, 3.05) is 38.7 Å². The van der Waals surface area contributed by atoms with Crippen molar-refractivity contribution < 1.29 is 23.9 Å². The maximum absolute atomic E-state index is 13.0. The molecule has 28 heavy (non-hydrogen) atoms. The normalized spacial score (nSPS) is 21.0. The third-order valence-corrected chi connectivity index (χ3v) is 5.87. The number of esters is 1. The number of ether oxygens (including phenoxy) is 2. The summed E-state index contributed by atoms with van der Waals surface area (Å²) in [5, 5.41) is 2.65. The number of anilines is 1. The highest BCUT2D eigenvalue weighted by atomic mass is 16.5. The Balaban J connectivity index is 1.73. The summed E-state index contributed by atoms with van der Waals surface area (Å²) in [6.45, 7) is 5.63. The van der Waals surface area contributed by atoms with Gasteiger partial charge in [-0.1, -0.05) is 6.58 Å². The lowest BCUT2D eigenvalue weighted by Gasteiger charge is -2.48. The Bertz CT molecular complexity index is 753. The zero-order valence-electron chi connectivity index (χ0n) is 16.1. The second-order valence-corrected chi connectivity index (χ2v) is 7.32. The van der Waals surface area contributed by atoms with Gasteiger partial charge in [0, 0.05) is 37.6 Å². The van der Waals surface area contributed by atoms with Gasteiger partial charge < -0.3 is 19.7 Å². The summed E-state index contributed by atoms with van der Waals surface area (Å²) in [6.07, 6.45) is 3.57. The van der Waals surface area contributed by atoms with E-state index in [1.54, 1.807) is 29.2 Å². The minimum atomic E-state index is -0.342. The third kappa shape index (κ3) is 4.09. The molecule has 0 aliphatic carbocycles. The summed E-state index contributed by atoms with van der Waals surface area (Å²) >= 11 is 0. The molecule has 0 saturated carbocycles. The number of carbonyl (C=O) groups is 3. The largest absolute Gasteiger partial charge is 0.469 e. The molecule has 1 aromatic rings. The smallest absolute Gasteiger partial charge is 0.311 e. The van der Waals surface area contributed by atoms with Crippen molar-refractivity contribution in [1.29, 1.82) is 0 Å². The molecule has 1 spiro atoms. The predicted octanol–water partition coefficient (Wildman–Crippen LogP) is 2.24. The standard InChI is InChI=1S/C21H26N2O5/c1-3-18(24)22-16-6-4-15(5-7-16)19(25)23-11-8-21(9-12-28-13-10-21)17(14-23)20(26)27-2/h3-7,17H,1,8-14H2,2H3,(H,22,24). The Hall–Kier alpha value is -2.67. The van der Waals surface area contributed by atoms with Crippen LogP contribution in [0.4, 0.5) is 5.69 Å². The molecule has 2 amide bonds. The number of nitrogens with one attached hydrogen (secondary N) is 1. The molecular weight excluding hydrogens is 360 g/mol. The van der Waals surface area contributed by atoms with Crippen LogP contribution in [0.3, 0.4) is 0 Å². The van der Waals surface area contributed by atoms with Gasteiger partial charge in [-0.15, -0.1) is 0 Å². The average Bonchev–Trinajstić information content (AvgIpc) is 2.74. The van der Waals surface area contributed by atoms with Gasteiger partial charge >= 0.3 is 5.97 Å². The van der Waals surface area contributed by atoms with Gasteiger partial charge in [0.1, 0.15) is 0 Å². The lowest BCUT2D eigenvalue weighted by Crippen LogP contribution is -2.54. The second kappa shape index (κ2) is 8.56. The first-order valence-corrected chi connectivity index (χ1v) is 9.47. The van der Waals surface area contributed by atoms with Crippen molar-refractivity contribution in [2.45, 2.75) is 19.3 Å². The number of likely N-dealkylation sites (tertiary alicyclic amines) is 1. The Morgan fingerprint density at radius 2 is 1.89 bits per heavy atom. The first kappa shape index (κ1) is 20.1. The molecule has 0 radical (unpaired) electrons. The van der Waals surface area contributed by atoms with E-state index >= 15 is 0 Å². The van der Waals surface area contributed by atoms with Crippen molar-refractivity contribution >= 4 is 23.5 Å². The Labute approximate surface area is 164 Å². The third-order valence-electron chi connectivity index (χ3n) is 5.87. The van der Waals surface area contributed by atoms with Crippen molar-refractivity contribution in [2.24, 2.45) is 11.3 Å². The Morgan fingerprint density at radius 1 is 1.21 bits per heavy atom. The van der Waals surface area contributed by atoms with E-state index in [2.05, 4.69) is 11.9 Å². The lowest BCUT2D eigenvalue weighted by atomic mass is 9.65. The molecule has 2 fully saturated rings. The molecule has 7 nitrogen and oxygen atoms in total. The van der Waals surface area contributed by atoms with E-state index in [1.165, 1.54) is 13.2 Å². The summed E-state index contributed by atoms with van der Waals surface area (Å²) < 4.78 is 10.5. The van der Waals surface area contributed by atoms with E-state index in [9.17, 15) is 14.4 Å². The fourth-order valence-electron chi connectivity index (χ4n) is 4.14. The van der Waals surface area contributed by atoms with Crippen LogP contribution in [-0.4, -0.2) is 56.1 Å². The topological polar surface area (TPSA) is 84.9 Å². The van der Waals surface area contributed by atoms with E-state index in [0.717, 1.165) is 19.3 Å². The fraction of sp³-hybridized carbons (Fsp3) is 0.476. The number of amides is 2. The van der Waals surface area contributed by atoms with Crippen molar-refractivity contribution in [3.05, 3.63) is 42.5 Å². The van der Waals surface area contributed by atoms with Crippen LogP contribution in [0.25, 0.3) is 0 Å². The predicted molar refractivity (Wildman–Crippen MR) is 104 cm³/mol. The van der Waals surface area contributed by atoms with Crippen LogP contribution in [0, 0.1) is 11.3 Å². The summed E-state index contributed by atoms with van der Waals surface area (Å²) in [5.74, 6) is -1.04. The maximum Gasteiger partial charge on any atom is 0.311 e. The molecule has 3 rings (SSSR count). The van der Waals surface area contributed by atoms with Crippen LogP contribution in [0.15, 0.2) is 36.9 Å². The molecule has 7 heteroatoms. The van der Waals surface area contributed by atoms with Crippen LogP contribution in [0.1, 0.15) is 29.6 Å². The fourth-order valence-corrected chi connectivity index (χ4v) is 4.14. The van der Waals surface area contributed by atoms with E-state index in [-0.39, 0.29) is 29.1 Å². The van der Waals surface area contributed by atoms with E-state index in [1.807, 2.05) is 0 Å². The maximum atomic E-state index is 13.0. The monoisotopic (exact) mass is 386 g/mol. The molecule has 2 heterocycles. The number of nitrogens with zero attached hydrogens (tertiary/aromatic N) is 1. The highest BCUT2D eigenvalue weighted by Gasteiger charge is 2.48. The number of piperidine rings is 1. The number of carbonyl (C=O) groups excluding carboxylic acids is 3. The number of rotatable bonds is 4. The Kier molecular flexibility index (Phi) is 6.14. The molecule has 2 aliphatic rings. The number of hydrogen-bond donors (Lipinski definition) is 1. The van der Waals surface area contributed by atoms with Gasteiger partial charge in [-0.2, -0.15) is 0 Å². The summed E-state index contributed by atoms with van der Waals surface area (Å²) in [4.78, 5) is 38.5. The van der Waals surface area contributed by atoms with Crippen molar-refractivity contribution in [3.8, 4) is 0 Å². The van der Waals surface area contributed by atoms with Crippen LogP contribution in [0.2, 0.25) is 0 Å². The molecule has 1 atom stereocenters. The zero-order valence-corrected chi connectivity index (χ0v) is 16.1. The average molecular weight is 386 g/mol. The minimum absolute atomic E-state index is 0.127. The van der Waals surface area contributed by atoms with Gasteiger partial charge in [0.25, 0.3) is 5.91 Å². The minimum Gasteiger partial charge on any atom is -0.469 e. The Morgan fingerprint density at radius 3 is 2.50 bits per heavy atom. The first-order valence-electron chi connectivity index (χ1n) is 9.47. The lowest BCUT2D eigenvalue weighted by molar-refractivity contribution is -0.158. The number of hydrogen-bond acceptors (Lipinski definition) is 5. The van der Waals surface area contributed by atoms with Crippen LogP contribution >= 0.6 is 0 Å². The van der Waals surface area contributed by atoms with Crippen LogP contribution in [0.5, 0.6) is 0 Å². The molecule has 0 bridgehead atoms. The second-order valence-electron chi connectivity index (χ2n) is 7.32. The molecule has 0 aromatic heterocycles. The molecule has 2 aliphatic heterocycles. The SMILES string of the molecule is C=CC(=O)Nc1ccc(C(=O)N2CCC3(CCOCC3)C(C(=O)OC)C2)cc1. The van der Waals surface area contributed by atoms with Crippen LogP contribution in [-0.2, 0) is 19.1 Å². The molecule has 2 saturated heterocycles. The highest BCUT2D eigenvalue weighted by Crippen LogP contribution is 2.45. The van der Waals surface area contributed by atoms with Gasteiger partial charge in [-0.3, -0.25) is 14.4 Å². The van der Waals surface area contributed by atoms with Crippen LogP contribution < -0.4 is 5.32 Å². The molecule has 1 unspecified atom stereocenters. The van der Waals surface area contributed by atoms with E-state index in [0.29, 0.717) is 37.6 Å². The molecule has 1 aromatic carbocycles. The van der Waals surface area contributed by atoms with Gasteiger partial charge in [0.05, 0.1) is 13.0 Å². The molecule has 150 valence electrons. The van der Waals surface area contributed by atoms with E-state index in [4.69, 9.17) is 9.47 Å². The summed E-state index contributed by atoms with van der Waals surface area (Å²) in [5.41, 5.74) is 0.956. The quantitative estimate of drug-likeness (QED) is 0.634. The highest BCUT2D eigenvalue weighted by molar-refractivity contribution is 5.99. The van der Waals surface area contributed by atoms with Gasteiger partial charge in [-0.25, -0.2) is 0 Å². The summed E-state index contributed by atoms with van der Waals surface area (Å²) in [7, 11) is 1.40. The molecule has 1 N–H and O–H groups in total.